The predicted molar refractivity (Wildman–Crippen MR) is 53.7 cm³/mol. The molecule has 0 saturated carbocycles. The molecule has 1 aliphatic rings. The van der Waals surface area contributed by atoms with Crippen LogP contribution in [0.3, 0.4) is 0 Å². The lowest BCUT2D eigenvalue weighted by molar-refractivity contribution is 0.115. The predicted octanol–water partition coefficient (Wildman–Crippen LogP) is 0.289. The Morgan fingerprint density at radius 2 is 2.46 bits per heavy atom. The van der Waals surface area contributed by atoms with Crippen LogP contribution in [0.4, 0.5) is 0 Å². The maximum Gasteiger partial charge on any atom is 0.190 e. The summed E-state index contributed by atoms with van der Waals surface area (Å²) >= 11 is 0. The highest BCUT2D eigenvalue weighted by Gasteiger charge is 2.20. The Morgan fingerprint density at radius 3 is 3.08 bits per heavy atom. The number of nitrogens with two attached hydrogens (primary N) is 1. The largest absolute Gasteiger partial charge is 0.384 e. The van der Waals surface area contributed by atoms with Gasteiger partial charge in [0.2, 0.25) is 0 Å². The molecular weight excluding hydrogens is 166 g/mol. The van der Waals surface area contributed by atoms with Gasteiger partial charge in [0.15, 0.2) is 5.96 Å². The first kappa shape index (κ1) is 10.3. The maximum atomic E-state index is 5.74. The second-order valence-corrected chi connectivity index (χ2v) is 3.49. The molecule has 1 unspecified atom stereocenters. The maximum absolute atomic E-state index is 5.74. The van der Waals surface area contributed by atoms with Gasteiger partial charge >= 0.3 is 0 Å². The molecule has 0 aromatic heterocycles. The van der Waals surface area contributed by atoms with Gasteiger partial charge in [-0.1, -0.05) is 0 Å². The topological polar surface area (TPSA) is 50.8 Å². The highest BCUT2D eigenvalue weighted by atomic mass is 16.5. The summed E-state index contributed by atoms with van der Waals surface area (Å²) < 4.78 is 5.14. The van der Waals surface area contributed by atoms with Gasteiger partial charge in [0.1, 0.15) is 0 Å². The zero-order chi connectivity index (χ0) is 9.68. The summed E-state index contributed by atoms with van der Waals surface area (Å²) in [6.45, 7) is 2.84. The number of ether oxygens (including phenoxy) is 1. The lowest BCUT2D eigenvalue weighted by Gasteiger charge is -2.32. The van der Waals surface area contributed by atoms with Crippen molar-refractivity contribution in [3.8, 4) is 0 Å². The van der Waals surface area contributed by atoms with Crippen molar-refractivity contribution in [1.82, 2.24) is 4.90 Å². The second-order valence-electron chi connectivity index (χ2n) is 3.49. The Kier molecular flexibility index (Phi) is 4.02. The Morgan fingerprint density at radius 1 is 1.69 bits per heavy atom. The van der Waals surface area contributed by atoms with Crippen molar-refractivity contribution in [2.24, 2.45) is 16.6 Å². The minimum atomic E-state index is 0.610. The number of likely N-dealkylation sites (tertiary alicyclic amines) is 1. The standard InChI is InChI=1S/C9H19N3O/c1-11-9(10)12-5-3-4-8(6-12)7-13-2/h8H,3-7H2,1-2H3,(H2,10,11). The molecule has 0 spiro atoms. The molecule has 1 heterocycles. The molecule has 4 nitrogen and oxygen atoms in total. The van der Waals surface area contributed by atoms with E-state index in [1.165, 1.54) is 12.8 Å². The van der Waals surface area contributed by atoms with Crippen molar-refractivity contribution in [2.75, 3.05) is 33.9 Å². The van der Waals surface area contributed by atoms with E-state index in [0.717, 1.165) is 19.7 Å². The fourth-order valence-corrected chi connectivity index (χ4v) is 1.79. The third-order valence-electron chi connectivity index (χ3n) is 2.47. The lowest BCUT2D eigenvalue weighted by atomic mass is 9.99. The first-order valence-electron chi connectivity index (χ1n) is 4.74. The third-order valence-corrected chi connectivity index (χ3v) is 2.47. The highest BCUT2D eigenvalue weighted by Crippen LogP contribution is 2.15. The molecule has 2 N–H and O–H groups in total. The van der Waals surface area contributed by atoms with E-state index >= 15 is 0 Å². The normalized spacial score (nSPS) is 24.9. The van der Waals surface area contributed by atoms with Crippen LogP contribution in [0.25, 0.3) is 0 Å². The van der Waals surface area contributed by atoms with Gasteiger partial charge in [-0.25, -0.2) is 0 Å². The molecule has 0 amide bonds. The molecule has 4 heteroatoms. The van der Waals surface area contributed by atoms with E-state index in [0.29, 0.717) is 11.9 Å². The number of guanidine groups is 1. The van der Waals surface area contributed by atoms with E-state index < -0.39 is 0 Å². The number of nitrogens with zero attached hydrogens (tertiary/aromatic N) is 2. The summed E-state index contributed by atoms with van der Waals surface area (Å²) in [6, 6.07) is 0. The van der Waals surface area contributed by atoms with Gasteiger partial charge in [0, 0.05) is 27.2 Å². The number of methoxy groups -OCH3 is 1. The Bertz CT molecular complexity index is 180. The van der Waals surface area contributed by atoms with Crippen molar-refractivity contribution in [3.05, 3.63) is 0 Å². The van der Waals surface area contributed by atoms with Crippen LogP contribution in [0.1, 0.15) is 12.8 Å². The SMILES string of the molecule is CN=C(N)N1CCCC(COC)C1. The van der Waals surface area contributed by atoms with Crippen molar-refractivity contribution in [1.29, 1.82) is 0 Å². The zero-order valence-corrected chi connectivity index (χ0v) is 8.49. The smallest absolute Gasteiger partial charge is 0.190 e. The summed E-state index contributed by atoms with van der Waals surface area (Å²) in [7, 11) is 3.48. The summed E-state index contributed by atoms with van der Waals surface area (Å²) in [5, 5.41) is 0. The van der Waals surface area contributed by atoms with Crippen LogP contribution in [0.15, 0.2) is 4.99 Å². The fraction of sp³-hybridized carbons (Fsp3) is 0.889. The van der Waals surface area contributed by atoms with Crippen LogP contribution >= 0.6 is 0 Å². The van der Waals surface area contributed by atoms with E-state index in [9.17, 15) is 0 Å². The van der Waals surface area contributed by atoms with Gasteiger partial charge in [-0.2, -0.15) is 0 Å². The van der Waals surface area contributed by atoms with E-state index in [-0.39, 0.29) is 0 Å². The number of hydrogen-bond donors (Lipinski definition) is 1. The van der Waals surface area contributed by atoms with Gasteiger partial charge in [-0.3, -0.25) is 4.99 Å². The first-order valence-corrected chi connectivity index (χ1v) is 4.74. The Labute approximate surface area is 79.8 Å². The van der Waals surface area contributed by atoms with Crippen molar-refractivity contribution >= 4 is 5.96 Å². The van der Waals surface area contributed by atoms with Gasteiger partial charge < -0.3 is 15.4 Å². The van der Waals surface area contributed by atoms with Crippen LogP contribution in [0.5, 0.6) is 0 Å². The van der Waals surface area contributed by atoms with E-state index in [1.54, 1.807) is 14.2 Å². The number of rotatable bonds is 2. The number of hydrogen-bond acceptors (Lipinski definition) is 2. The summed E-state index contributed by atoms with van der Waals surface area (Å²) in [5.74, 6) is 1.26. The molecule has 76 valence electrons. The average molecular weight is 185 g/mol. The fourth-order valence-electron chi connectivity index (χ4n) is 1.79. The number of aliphatic imine (C=N–C) groups is 1. The summed E-state index contributed by atoms with van der Waals surface area (Å²) in [6.07, 6.45) is 2.42. The van der Waals surface area contributed by atoms with Gasteiger partial charge in [0.05, 0.1) is 6.61 Å². The summed E-state index contributed by atoms with van der Waals surface area (Å²) in [5.41, 5.74) is 5.74. The van der Waals surface area contributed by atoms with Crippen molar-refractivity contribution in [3.63, 3.8) is 0 Å². The average Bonchev–Trinajstić information content (AvgIpc) is 2.18. The molecule has 0 aliphatic carbocycles. The van der Waals surface area contributed by atoms with Crippen LogP contribution in [0.2, 0.25) is 0 Å². The molecule has 0 bridgehead atoms. The molecule has 1 fully saturated rings. The lowest BCUT2D eigenvalue weighted by Crippen LogP contribution is -2.44. The van der Waals surface area contributed by atoms with Crippen LogP contribution < -0.4 is 5.73 Å². The third kappa shape index (κ3) is 2.88. The number of piperidine rings is 1. The van der Waals surface area contributed by atoms with Crippen LogP contribution in [0, 0.1) is 5.92 Å². The highest BCUT2D eigenvalue weighted by molar-refractivity contribution is 5.77. The zero-order valence-electron chi connectivity index (χ0n) is 8.49. The van der Waals surface area contributed by atoms with Crippen LogP contribution in [-0.4, -0.2) is 44.7 Å². The first-order chi connectivity index (χ1) is 6.27. The minimum absolute atomic E-state index is 0.610. The van der Waals surface area contributed by atoms with E-state index in [4.69, 9.17) is 10.5 Å². The molecule has 0 aromatic rings. The summed E-state index contributed by atoms with van der Waals surface area (Å²) in [4.78, 5) is 6.12. The Balaban J connectivity index is 2.41. The molecular formula is C9H19N3O. The minimum Gasteiger partial charge on any atom is -0.384 e. The molecule has 1 atom stereocenters. The van der Waals surface area contributed by atoms with Gasteiger partial charge in [-0.05, 0) is 18.8 Å². The van der Waals surface area contributed by atoms with Gasteiger partial charge in [0.25, 0.3) is 0 Å². The van der Waals surface area contributed by atoms with E-state index in [1.807, 2.05) is 0 Å². The second kappa shape index (κ2) is 5.07. The van der Waals surface area contributed by atoms with Crippen molar-refractivity contribution < 1.29 is 4.74 Å². The molecule has 13 heavy (non-hydrogen) atoms. The molecule has 1 aliphatic heterocycles. The molecule has 0 radical (unpaired) electrons. The monoisotopic (exact) mass is 185 g/mol. The quantitative estimate of drug-likeness (QED) is 0.497. The van der Waals surface area contributed by atoms with E-state index in [2.05, 4.69) is 9.89 Å². The van der Waals surface area contributed by atoms with Crippen LogP contribution in [-0.2, 0) is 4.74 Å². The van der Waals surface area contributed by atoms with Crippen molar-refractivity contribution in [2.45, 2.75) is 12.8 Å². The Hall–Kier alpha value is -0.770. The molecule has 1 saturated heterocycles. The van der Waals surface area contributed by atoms with Gasteiger partial charge in [-0.15, -0.1) is 0 Å². The molecule has 0 aromatic carbocycles. The molecule has 1 rings (SSSR count).